The van der Waals surface area contributed by atoms with Crippen molar-refractivity contribution in [1.82, 2.24) is 0 Å². The number of para-hydroxylation sites is 1. The molecule has 0 aromatic heterocycles. The topological polar surface area (TPSA) is 3.24 Å². The normalized spacial score (nSPS) is 15.4. The molecule has 294 valence electrons. The Bertz CT molecular complexity index is 2440. The van der Waals surface area contributed by atoms with Crippen LogP contribution < -0.4 is 4.90 Å². The second kappa shape index (κ2) is 19.5. The Morgan fingerprint density at radius 1 is 0.759 bits per heavy atom. The summed E-state index contributed by atoms with van der Waals surface area (Å²) in [7, 11) is 0. The number of anilines is 1. The molecule has 8 rings (SSSR count). The van der Waals surface area contributed by atoms with Crippen LogP contribution in [0.4, 0.5) is 5.69 Å². The van der Waals surface area contributed by atoms with Crippen LogP contribution in [-0.2, 0) is 6.42 Å². The third-order valence-corrected chi connectivity index (χ3v) is 11.5. The maximum absolute atomic E-state index is 3.36. The Hall–Kier alpha value is -5.92. The summed E-state index contributed by atoms with van der Waals surface area (Å²) in [6.45, 7) is 20.5. The van der Waals surface area contributed by atoms with Crippen molar-refractivity contribution in [3.05, 3.63) is 220 Å². The van der Waals surface area contributed by atoms with E-state index in [1.807, 2.05) is 20.8 Å². The fourth-order valence-electron chi connectivity index (χ4n) is 8.73. The minimum absolute atomic E-state index is 0.134. The van der Waals surface area contributed by atoms with E-state index in [-0.39, 0.29) is 5.92 Å². The zero-order valence-corrected chi connectivity index (χ0v) is 36.1. The van der Waals surface area contributed by atoms with Gasteiger partial charge in [0.15, 0.2) is 0 Å². The van der Waals surface area contributed by atoms with Gasteiger partial charge in [0.05, 0.1) is 0 Å². The lowest BCUT2D eigenvalue weighted by Gasteiger charge is -2.31. The van der Waals surface area contributed by atoms with E-state index in [1.54, 1.807) is 6.08 Å². The molecule has 5 aromatic carbocycles. The summed E-state index contributed by atoms with van der Waals surface area (Å²) in [6.07, 6.45) is 22.1. The fourth-order valence-corrected chi connectivity index (χ4v) is 8.73. The predicted molar refractivity (Wildman–Crippen MR) is 255 cm³/mol. The quantitative estimate of drug-likeness (QED) is 0.105. The minimum Gasteiger partial charge on any atom is -0.314 e. The summed E-state index contributed by atoms with van der Waals surface area (Å²) in [5.41, 5.74) is 22.7. The Morgan fingerprint density at radius 3 is 2.19 bits per heavy atom. The van der Waals surface area contributed by atoms with Gasteiger partial charge in [0.25, 0.3) is 0 Å². The molecule has 58 heavy (non-hydrogen) atoms. The number of benzene rings is 5. The first-order valence-electron chi connectivity index (χ1n) is 21.4. The largest absolute Gasteiger partial charge is 0.314 e. The molecule has 0 heterocycles. The number of rotatable bonds is 9. The molecule has 5 aromatic rings. The van der Waals surface area contributed by atoms with Gasteiger partial charge in [-0.15, -0.1) is 6.58 Å². The molecule has 3 aliphatic rings. The van der Waals surface area contributed by atoms with E-state index in [2.05, 4.69) is 198 Å². The van der Waals surface area contributed by atoms with Crippen LogP contribution in [0.3, 0.4) is 0 Å². The summed E-state index contributed by atoms with van der Waals surface area (Å²) in [4.78, 5) is 2.49. The maximum Gasteiger partial charge on any atom is 0.0487 e. The second-order valence-corrected chi connectivity index (χ2v) is 15.0. The van der Waals surface area contributed by atoms with Crippen LogP contribution in [0.2, 0.25) is 0 Å². The monoisotopic (exact) mass is 759 g/mol. The van der Waals surface area contributed by atoms with Crippen molar-refractivity contribution in [1.29, 1.82) is 0 Å². The fraction of sp³-hybridized carbons (Fsp3) is 0.228. The molecular formula is C57H61N. The molecule has 0 amide bonds. The van der Waals surface area contributed by atoms with Crippen LogP contribution in [-0.4, -0.2) is 0 Å². The predicted octanol–water partition coefficient (Wildman–Crippen LogP) is 16.4. The third-order valence-electron chi connectivity index (χ3n) is 11.5. The van der Waals surface area contributed by atoms with Gasteiger partial charge in [-0.1, -0.05) is 154 Å². The molecule has 0 aliphatic heterocycles. The molecule has 1 unspecified atom stereocenters. The Morgan fingerprint density at radius 2 is 1.48 bits per heavy atom. The zero-order chi connectivity index (χ0) is 41.2. The third kappa shape index (κ3) is 8.37. The summed E-state index contributed by atoms with van der Waals surface area (Å²) in [5.74, 6) is 0.134. The van der Waals surface area contributed by atoms with Crippen LogP contribution in [0.25, 0.3) is 33.4 Å². The Balaban J connectivity index is 0.00000108. The first-order valence-corrected chi connectivity index (χ1v) is 21.4. The molecule has 0 spiro atoms. The van der Waals surface area contributed by atoms with Crippen molar-refractivity contribution in [2.24, 2.45) is 0 Å². The number of hydrogen-bond donors (Lipinski definition) is 0. The molecule has 1 heteroatoms. The second-order valence-electron chi connectivity index (χ2n) is 15.0. The molecule has 3 aliphatic carbocycles. The SMILES string of the molecule is C/C=C\C1=CCc2c1ccc1c2-c2ccccc2C1c1cc(-c2ccccc2)ccc1/C(C)=C(C)/C=C(\CC)N(C1=CCCC=C1)c1ccccc1C.C=CC.CC. The standard InChI is InChI=1S/C52H49N.C3H6.C2H6/c1-6-18-39-27-30-47-44(39)31-32-48-51(47)45-24-15-16-25-46(45)52(48)49-34-40(38-20-10-8-11-21-38)28-29-43(49)37(5)36(4)33-41(7-2)53(42-22-12-9-13-23-42)50-26-17-14-19-35(50)3;1-3-2;1-2/h6,8,10-12,14-29,31-34,52H,7,9,13,30H2,1-5H3;3H,1H2,2H3;1-2H3/b18-6-,37-36+,41-33+;;. The van der Waals surface area contributed by atoms with Gasteiger partial charge in [0, 0.05) is 23.0 Å². The van der Waals surface area contributed by atoms with Gasteiger partial charge >= 0.3 is 0 Å². The Kier molecular flexibility index (Phi) is 14.0. The van der Waals surface area contributed by atoms with Crippen LogP contribution in [0.15, 0.2) is 181 Å². The molecule has 0 bridgehead atoms. The summed E-state index contributed by atoms with van der Waals surface area (Å²) in [6, 6.07) is 40.8. The van der Waals surface area contributed by atoms with Crippen LogP contribution in [0.5, 0.6) is 0 Å². The van der Waals surface area contributed by atoms with E-state index < -0.39 is 0 Å². The van der Waals surface area contributed by atoms with Crippen LogP contribution >= 0.6 is 0 Å². The highest BCUT2D eigenvalue weighted by Gasteiger charge is 2.35. The van der Waals surface area contributed by atoms with Gasteiger partial charge in [-0.05, 0) is 163 Å². The molecule has 0 fully saturated rings. The molecule has 0 saturated heterocycles. The molecule has 0 radical (unpaired) electrons. The van der Waals surface area contributed by atoms with E-state index >= 15 is 0 Å². The summed E-state index contributed by atoms with van der Waals surface area (Å²) < 4.78 is 0. The van der Waals surface area contributed by atoms with E-state index in [4.69, 9.17) is 0 Å². The number of allylic oxidation sites excluding steroid dienone is 12. The van der Waals surface area contributed by atoms with Crippen molar-refractivity contribution in [2.75, 3.05) is 4.90 Å². The molecule has 0 N–H and O–H groups in total. The smallest absolute Gasteiger partial charge is 0.0487 e. The molecule has 1 nitrogen and oxygen atoms in total. The number of nitrogens with zero attached hydrogens (tertiary/aromatic N) is 1. The van der Waals surface area contributed by atoms with Gasteiger partial charge in [-0.25, -0.2) is 0 Å². The highest BCUT2D eigenvalue weighted by molar-refractivity contribution is 5.92. The highest BCUT2D eigenvalue weighted by Crippen LogP contribution is 2.53. The number of fused-ring (bicyclic) bond motifs is 5. The van der Waals surface area contributed by atoms with Gasteiger partial charge in [-0.2, -0.15) is 0 Å². The van der Waals surface area contributed by atoms with E-state index in [9.17, 15) is 0 Å². The Labute approximate surface area is 349 Å². The van der Waals surface area contributed by atoms with Crippen molar-refractivity contribution < 1.29 is 0 Å². The van der Waals surface area contributed by atoms with Gasteiger partial charge < -0.3 is 4.90 Å². The highest BCUT2D eigenvalue weighted by atomic mass is 15.2. The van der Waals surface area contributed by atoms with Gasteiger partial charge in [-0.3, -0.25) is 0 Å². The lowest BCUT2D eigenvalue weighted by atomic mass is 9.81. The number of hydrogen-bond acceptors (Lipinski definition) is 1. The van der Waals surface area contributed by atoms with Crippen molar-refractivity contribution in [3.8, 4) is 22.3 Å². The zero-order valence-electron chi connectivity index (χ0n) is 36.1. The van der Waals surface area contributed by atoms with E-state index in [1.165, 1.54) is 95.0 Å². The minimum atomic E-state index is 0.134. The lowest BCUT2D eigenvalue weighted by Crippen LogP contribution is -2.22. The first kappa shape index (κ1) is 41.7. The molecule has 0 saturated carbocycles. The van der Waals surface area contributed by atoms with Gasteiger partial charge in [0.1, 0.15) is 0 Å². The van der Waals surface area contributed by atoms with E-state index in [0.717, 1.165) is 25.7 Å². The van der Waals surface area contributed by atoms with Crippen molar-refractivity contribution >= 4 is 16.8 Å². The molecule has 1 atom stereocenters. The summed E-state index contributed by atoms with van der Waals surface area (Å²) in [5, 5.41) is 0. The van der Waals surface area contributed by atoms with Crippen molar-refractivity contribution in [2.45, 2.75) is 87.0 Å². The van der Waals surface area contributed by atoms with E-state index in [0.29, 0.717) is 0 Å². The average molecular weight is 760 g/mol. The first-order chi connectivity index (χ1) is 28.4. The van der Waals surface area contributed by atoms with Crippen molar-refractivity contribution in [3.63, 3.8) is 0 Å². The lowest BCUT2D eigenvalue weighted by molar-refractivity contribution is 0.936. The van der Waals surface area contributed by atoms with Gasteiger partial charge in [0.2, 0.25) is 0 Å². The van der Waals surface area contributed by atoms with Crippen LogP contribution in [0, 0.1) is 6.92 Å². The average Bonchev–Trinajstić information content (AvgIpc) is 3.84. The number of aryl methyl sites for hydroxylation is 1. The summed E-state index contributed by atoms with van der Waals surface area (Å²) >= 11 is 0. The maximum atomic E-state index is 3.36. The van der Waals surface area contributed by atoms with Crippen LogP contribution in [0.1, 0.15) is 113 Å². The molecular weight excluding hydrogens is 699 g/mol.